The summed E-state index contributed by atoms with van der Waals surface area (Å²) < 4.78 is 2.05. The van der Waals surface area contributed by atoms with Crippen molar-refractivity contribution in [1.29, 1.82) is 0 Å². The highest BCUT2D eigenvalue weighted by Crippen LogP contribution is 2.30. The van der Waals surface area contributed by atoms with Crippen LogP contribution in [0.15, 0.2) is 24.5 Å². The summed E-state index contributed by atoms with van der Waals surface area (Å²) in [6, 6.07) is 3.96. The molecule has 0 saturated heterocycles. The zero-order valence-electron chi connectivity index (χ0n) is 11.1. The van der Waals surface area contributed by atoms with Crippen LogP contribution in [-0.2, 0) is 11.3 Å². The average Bonchev–Trinajstić information content (AvgIpc) is 2.81. The minimum Gasteiger partial charge on any atom is -0.353 e. The van der Waals surface area contributed by atoms with Gasteiger partial charge >= 0.3 is 0 Å². The number of hydrogen-bond donors (Lipinski definition) is 2. The number of hydrogen-bond acceptors (Lipinski definition) is 2. The lowest BCUT2D eigenvalue weighted by Crippen LogP contribution is -2.56. The van der Waals surface area contributed by atoms with E-state index in [9.17, 15) is 4.79 Å². The highest BCUT2D eigenvalue weighted by atomic mass is 16.2. The van der Waals surface area contributed by atoms with Crippen LogP contribution in [0.25, 0.3) is 0 Å². The maximum atomic E-state index is 12.1. The van der Waals surface area contributed by atoms with E-state index < -0.39 is 5.54 Å². The fraction of sp³-hybridized carbons (Fsp3) is 0.643. The zero-order chi connectivity index (χ0) is 13.0. The summed E-state index contributed by atoms with van der Waals surface area (Å²) in [7, 11) is 0. The second-order valence-corrected chi connectivity index (χ2v) is 5.53. The molecule has 0 bridgehead atoms. The van der Waals surface area contributed by atoms with Crippen LogP contribution in [0.2, 0.25) is 0 Å². The smallest absolute Gasteiger partial charge is 0.240 e. The van der Waals surface area contributed by atoms with Crippen molar-refractivity contribution in [1.82, 2.24) is 9.88 Å². The number of carbonyl (C=O) groups is 1. The maximum absolute atomic E-state index is 12.1. The van der Waals surface area contributed by atoms with Crippen LogP contribution in [0.5, 0.6) is 0 Å². The van der Waals surface area contributed by atoms with Gasteiger partial charge in [-0.2, -0.15) is 0 Å². The molecular weight excluding hydrogens is 226 g/mol. The molecule has 1 aliphatic carbocycles. The molecule has 0 aromatic carbocycles. The topological polar surface area (TPSA) is 60.1 Å². The molecule has 4 nitrogen and oxygen atoms in total. The van der Waals surface area contributed by atoms with Crippen molar-refractivity contribution in [2.75, 3.05) is 6.54 Å². The van der Waals surface area contributed by atoms with E-state index in [0.29, 0.717) is 12.5 Å². The van der Waals surface area contributed by atoms with Crippen molar-refractivity contribution in [3.05, 3.63) is 24.5 Å². The molecule has 1 aliphatic rings. The molecule has 0 aliphatic heterocycles. The summed E-state index contributed by atoms with van der Waals surface area (Å²) in [5.74, 6) is 0.570. The Hall–Kier alpha value is -1.29. The van der Waals surface area contributed by atoms with Crippen molar-refractivity contribution >= 4 is 5.91 Å². The molecular formula is C14H23N3O. The molecule has 2 rings (SSSR count). The third-order valence-corrected chi connectivity index (χ3v) is 3.81. The standard InChI is InChI=1S/C14H23N3O/c1-12-5-4-6-14(15,11-12)13(18)16-7-10-17-8-2-3-9-17/h2-3,8-9,12H,4-7,10-11,15H2,1H3,(H,16,18). The van der Waals surface area contributed by atoms with E-state index >= 15 is 0 Å². The Bertz CT molecular complexity index is 388. The lowest BCUT2D eigenvalue weighted by molar-refractivity contribution is -0.128. The number of nitrogens with zero attached hydrogens (tertiary/aromatic N) is 1. The number of amides is 1. The van der Waals surface area contributed by atoms with Crippen molar-refractivity contribution < 1.29 is 4.79 Å². The molecule has 1 saturated carbocycles. The molecule has 2 atom stereocenters. The van der Waals surface area contributed by atoms with E-state index in [4.69, 9.17) is 5.73 Å². The molecule has 1 amide bonds. The van der Waals surface area contributed by atoms with Crippen LogP contribution >= 0.6 is 0 Å². The fourth-order valence-electron chi connectivity index (χ4n) is 2.79. The molecule has 1 aromatic heterocycles. The first-order valence-corrected chi connectivity index (χ1v) is 6.78. The van der Waals surface area contributed by atoms with E-state index in [1.54, 1.807) is 0 Å². The van der Waals surface area contributed by atoms with Crippen LogP contribution < -0.4 is 11.1 Å². The Morgan fingerprint density at radius 3 is 2.89 bits per heavy atom. The van der Waals surface area contributed by atoms with Gasteiger partial charge in [-0.05, 0) is 30.9 Å². The largest absolute Gasteiger partial charge is 0.353 e. The summed E-state index contributed by atoms with van der Waals surface area (Å²) in [5.41, 5.74) is 5.59. The number of carbonyl (C=O) groups excluding carboxylic acids is 1. The van der Waals surface area contributed by atoms with Crippen LogP contribution in [0.1, 0.15) is 32.6 Å². The first kappa shape index (κ1) is 13.1. The van der Waals surface area contributed by atoms with Crippen LogP contribution in [0, 0.1) is 5.92 Å². The Morgan fingerprint density at radius 1 is 1.50 bits per heavy atom. The lowest BCUT2D eigenvalue weighted by Gasteiger charge is -2.35. The SMILES string of the molecule is CC1CCCC(N)(C(=O)NCCn2cccc2)C1. The van der Waals surface area contributed by atoms with Gasteiger partial charge < -0.3 is 15.6 Å². The summed E-state index contributed by atoms with van der Waals surface area (Å²) in [5, 5.41) is 2.97. The Labute approximate surface area is 109 Å². The molecule has 1 heterocycles. The van der Waals surface area contributed by atoms with E-state index in [2.05, 4.69) is 12.2 Å². The summed E-state index contributed by atoms with van der Waals surface area (Å²) >= 11 is 0. The van der Waals surface area contributed by atoms with Gasteiger partial charge in [0.1, 0.15) is 0 Å². The van der Waals surface area contributed by atoms with E-state index in [1.807, 2.05) is 29.1 Å². The van der Waals surface area contributed by atoms with Gasteiger partial charge in [-0.15, -0.1) is 0 Å². The highest BCUT2D eigenvalue weighted by Gasteiger charge is 2.37. The molecule has 2 unspecified atom stereocenters. The third kappa shape index (κ3) is 3.13. The van der Waals surface area contributed by atoms with Gasteiger partial charge in [-0.3, -0.25) is 4.79 Å². The van der Waals surface area contributed by atoms with Crippen LogP contribution in [-0.4, -0.2) is 22.6 Å². The van der Waals surface area contributed by atoms with Gasteiger partial charge in [-0.1, -0.05) is 19.8 Å². The van der Waals surface area contributed by atoms with Crippen molar-refractivity contribution in [2.45, 2.75) is 44.7 Å². The van der Waals surface area contributed by atoms with E-state index in [0.717, 1.165) is 25.8 Å². The number of nitrogens with two attached hydrogens (primary N) is 1. The molecule has 18 heavy (non-hydrogen) atoms. The Morgan fingerprint density at radius 2 is 2.22 bits per heavy atom. The summed E-state index contributed by atoms with van der Waals surface area (Å²) in [6.45, 7) is 3.61. The van der Waals surface area contributed by atoms with Gasteiger partial charge in [-0.25, -0.2) is 0 Å². The fourth-order valence-corrected chi connectivity index (χ4v) is 2.79. The molecule has 100 valence electrons. The second kappa shape index (κ2) is 5.57. The molecule has 0 radical (unpaired) electrons. The van der Waals surface area contributed by atoms with Crippen molar-refractivity contribution in [3.63, 3.8) is 0 Å². The molecule has 1 fully saturated rings. The normalized spacial score (nSPS) is 28.0. The Balaban J connectivity index is 1.80. The quantitative estimate of drug-likeness (QED) is 0.849. The first-order chi connectivity index (χ1) is 8.60. The predicted octanol–water partition coefficient (Wildman–Crippen LogP) is 1.51. The molecule has 1 aromatic rings. The first-order valence-electron chi connectivity index (χ1n) is 6.78. The predicted molar refractivity (Wildman–Crippen MR) is 72.0 cm³/mol. The number of aromatic nitrogens is 1. The van der Waals surface area contributed by atoms with Gasteiger partial charge in [0.2, 0.25) is 5.91 Å². The minimum absolute atomic E-state index is 0.0150. The number of nitrogens with one attached hydrogen (secondary N) is 1. The molecule has 4 heteroatoms. The van der Waals surface area contributed by atoms with E-state index in [1.165, 1.54) is 6.42 Å². The second-order valence-electron chi connectivity index (χ2n) is 5.53. The third-order valence-electron chi connectivity index (χ3n) is 3.81. The monoisotopic (exact) mass is 249 g/mol. The van der Waals surface area contributed by atoms with Gasteiger partial charge in [0.15, 0.2) is 0 Å². The maximum Gasteiger partial charge on any atom is 0.240 e. The average molecular weight is 249 g/mol. The molecule has 0 spiro atoms. The van der Waals surface area contributed by atoms with Gasteiger partial charge in [0, 0.05) is 25.5 Å². The molecule has 3 N–H and O–H groups in total. The zero-order valence-corrected chi connectivity index (χ0v) is 11.1. The highest BCUT2D eigenvalue weighted by molar-refractivity contribution is 5.86. The lowest BCUT2D eigenvalue weighted by atomic mass is 9.76. The Kier molecular flexibility index (Phi) is 4.07. The van der Waals surface area contributed by atoms with E-state index in [-0.39, 0.29) is 5.91 Å². The van der Waals surface area contributed by atoms with Gasteiger partial charge in [0.05, 0.1) is 5.54 Å². The summed E-state index contributed by atoms with van der Waals surface area (Å²) in [4.78, 5) is 12.1. The van der Waals surface area contributed by atoms with Gasteiger partial charge in [0.25, 0.3) is 0 Å². The van der Waals surface area contributed by atoms with Crippen LogP contribution in [0.3, 0.4) is 0 Å². The summed E-state index contributed by atoms with van der Waals surface area (Å²) in [6.07, 6.45) is 7.85. The van der Waals surface area contributed by atoms with Crippen LogP contribution in [0.4, 0.5) is 0 Å². The van der Waals surface area contributed by atoms with Crippen molar-refractivity contribution in [2.24, 2.45) is 11.7 Å². The van der Waals surface area contributed by atoms with Crippen molar-refractivity contribution in [3.8, 4) is 0 Å². The minimum atomic E-state index is -0.644. The number of rotatable bonds is 4.